The predicted molar refractivity (Wildman–Crippen MR) is 51.2 cm³/mol. The lowest BCUT2D eigenvalue weighted by Crippen LogP contribution is -1.99. The zero-order valence-corrected chi connectivity index (χ0v) is 9.16. The summed E-state index contributed by atoms with van der Waals surface area (Å²) in [6.45, 7) is 1.59. The number of nitrogens with zero attached hydrogens (tertiary/aromatic N) is 1. The van der Waals surface area contributed by atoms with Crippen molar-refractivity contribution in [2.24, 2.45) is 0 Å². The Hall–Kier alpha value is -0.220. The molecule has 0 aliphatic rings. The molecule has 72 valence electrons. The number of halogens is 4. The highest BCUT2D eigenvalue weighted by atomic mass is 79.9. The van der Waals surface area contributed by atoms with Crippen LogP contribution in [0.1, 0.15) is 23.1 Å². The van der Waals surface area contributed by atoms with Crippen LogP contribution in [0, 0.1) is 6.92 Å². The second kappa shape index (κ2) is 4.33. The average Bonchev–Trinajstić information content (AvgIpc) is 2.08. The molecule has 0 radical (unpaired) electrons. The minimum absolute atomic E-state index is 0.0168. The minimum Gasteiger partial charge on any atom is -0.249 e. The molecule has 0 amide bonds. The summed E-state index contributed by atoms with van der Waals surface area (Å²) in [7, 11) is 0. The van der Waals surface area contributed by atoms with Gasteiger partial charge in [0.2, 0.25) is 0 Å². The third-order valence-corrected chi connectivity index (χ3v) is 2.84. The molecule has 0 unspecified atom stereocenters. The van der Waals surface area contributed by atoms with Gasteiger partial charge in [-0.2, -0.15) is 0 Å². The summed E-state index contributed by atoms with van der Waals surface area (Å²) >= 11 is 8.60. The molecule has 0 saturated carbocycles. The van der Waals surface area contributed by atoms with Gasteiger partial charge >= 0.3 is 0 Å². The highest BCUT2D eigenvalue weighted by Crippen LogP contribution is 2.30. The fraction of sp³-hybridized carbons (Fsp3) is 0.375. The molecule has 0 spiro atoms. The van der Waals surface area contributed by atoms with Crippen molar-refractivity contribution in [3.05, 3.63) is 27.5 Å². The van der Waals surface area contributed by atoms with Crippen molar-refractivity contribution in [2.45, 2.75) is 19.2 Å². The number of aromatic nitrogens is 1. The van der Waals surface area contributed by atoms with Crippen LogP contribution >= 0.6 is 27.5 Å². The number of alkyl halides is 3. The van der Waals surface area contributed by atoms with Gasteiger partial charge in [0.25, 0.3) is 6.43 Å². The molecule has 0 atom stereocenters. The third-order valence-electron chi connectivity index (χ3n) is 1.76. The molecular formula is C8H7BrClF2N. The van der Waals surface area contributed by atoms with Gasteiger partial charge in [-0.3, -0.25) is 0 Å². The van der Waals surface area contributed by atoms with Crippen LogP contribution in [0.5, 0.6) is 0 Å². The first-order chi connectivity index (χ1) is 6.07. The van der Waals surface area contributed by atoms with Crippen molar-refractivity contribution in [3.8, 4) is 0 Å². The first kappa shape index (κ1) is 10.9. The molecule has 1 aromatic heterocycles. The van der Waals surface area contributed by atoms with E-state index in [9.17, 15) is 8.78 Å². The molecule has 0 aliphatic carbocycles. The number of rotatable bonds is 2. The van der Waals surface area contributed by atoms with E-state index in [2.05, 4.69) is 20.9 Å². The number of pyridine rings is 1. The maximum Gasteiger partial charge on any atom is 0.264 e. The molecule has 1 rings (SSSR count). The van der Waals surface area contributed by atoms with Crippen LogP contribution in [0.3, 0.4) is 0 Å². The van der Waals surface area contributed by atoms with Crippen LogP contribution in [0.25, 0.3) is 0 Å². The van der Waals surface area contributed by atoms with E-state index in [-0.39, 0.29) is 11.4 Å². The highest BCUT2D eigenvalue weighted by Gasteiger charge is 2.17. The van der Waals surface area contributed by atoms with Crippen LogP contribution < -0.4 is 0 Å². The fourth-order valence-corrected chi connectivity index (χ4v) is 1.59. The van der Waals surface area contributed by atoms with E-state index >= 15 is 0 Å². The summed E-state index contributed by atoms with van der Waals surface area (Å²) in [6.07, 6.45) is -1.14. The monoisotopic (exact) mass is 269 g/mol. The smallest absolute Gasteiger partial charge is 0.249 e. The van der Waals surface area contributed by atoms with Gasteiger partial charge in [0.05, 0.1) is 0 Å². The van der Waals surface area contributed by atoms with E-state index in [0.717, 1.165) is 0 Å². The normalized spacial score (nSPS) is 10.9. The largest absolute Gasteiger partial charge is 0.264 e. The molecule has 0 N–H and O–H groups in total. The van der Waals surface area contributed by atoms with Crippen molar-refractivity contribution >= 4 is 27.5 Å². The van der Waals surface area contributed by atoms with Crippen molar-refractivity contribution in [3.63, 3.8) is 0 Å². The van der Waals surface area contributed by atoms with E-state index in [0.29, 0.717) is 15.7 Å². The van der Waals surface area contributed by atoms with Crippen molar-refractivity contribution < 1.29 is 8.78 Å². The summed E-state index contributed by atoms with van der Waals surface area (Å²) in [5.41, 5.74) is 0.822. The van der Waals surface area contributed by atoms with Gasteiger partial charge < -0.3 is 0 Å². The number of hydrogen-bond donors (Lipinski definition) is 0. The second-order valence-electron chi connectivity index (χ2n) is 2.55. The molecule has 1 nitrogen and oxygen atoms in total. The Morgan fingerprint density at radius 3 is 2.69 bits per heavy atom. The van der Waals surface area contributed by atoms with Gasteiger partial charge in [-0.15, -0.1) is 11.6 Å². The zero-order valence-electron chi connectivity index (χ0n) is 6.82. The summed E-state index contributed by atoms with van der Waals surface area (Å²) in [5.74, 6) is 0.0563. The van der Waals surface area contributed by atoms with Crippen LogP contribution in [-0.2, 0) is 5.88 Å². The lowest BCUT2D eigenvalue weighted by molar-refractivity contribution is 0.149. The van der Waals surface area contributed by atoms with Crippen molar-refractivity contribution in [1.82, 2.24) is 4.98 Å². The Bertz CT molecular complexity index is 317. The van der Waals surface area contributed by atoms with Gasteiger partial charge in [-0.05, 0) is 34.0 Å². The highest BCUT2D eigenvalue weighted by molar-refractivity contribution is 9.10. The average molecular weight is 271 g/mol. The first-order valence-electron chi connectivity index (χ1n) is 3.56. The van der Waals surface area contributed by atoms with E-state index in [1.807, 2.05) is 0 Å². The van der Waals surface area contributed by atoms with E-state index in [1.165, 1.54) is 6.20 Å². The SMILES string of the molecule is Cc1c(Br)ncc(CCl)c1C(F)F. The van der Waals surface area contributed by atoms with Gasteiger partial charge in [0.15, 0.2) is 0 Å². The van der Waals surface area contributed by atoms with Crippen LogP contribution in [0.4, 0.5) is 8.78 Å². The summed E-state index contributed by atoms with van der Waals surface area (Å²) in [5, 5.41) is 0. The molecule has 0 aliphatic heterocycles. The Kier molecular flexibility index (Phi) is 3.62. The van der Waals surface area contributed by atoms with Crippen molar-refractivity contribution in [1.29, 1.82) is 0 Å². The molecule has 13 heavy (non-hydrogen) atoms. The van der Waals surface area contributed by atoms with E-state index < -0.39 is 6.43 Å². The predicted octanol–water partition coefficient (Wildman–Crippen LogP) is 3.83. The molecular weight excluding hydrogens is 263 g/mol. The van der Waals surface area contributed by atoms with E-state index in [4.69, 9.17) is 11.6 Å². The van der Waals surface area contributed by atoms with Gasteiger partial charge in [0, 0.05) is 17.6 Å². The molecule has 1 heterocycles. The number of hydrogen-bond acceptors (Lipinski definition) is 1. The van der Waals surface area contributed by atoms with Gasteiger partial charge in [-0.1, -0.05) is 0 Å². The molecule has 1 aromatic rings. The zero-order chi connectivity index (χ0) is 10.0. The Labute approximate surface area is 88.2 Å². The Balaban J connectivity index is 3.32. The first-order valence-corrected chi connectivity index (χ1v) is 4.88. The molecule has 0 bridgehead atoms. The maximum atomic E-state index is 12.5. The fourth-order valence-electron chi connectivity index (χ4n) is 1.06. The maximum absolute atomic E-state index is 12.5. The van der Waals surface area contributed by atoms with Crippen LogP contribution in [0.2, 0.25) is 0 Å². The topological polar surface area (TPSA) is 12.9 Å². The van der Waals surface area contributed by atoms with E-state index in [1.54, 1.807) is 6.92 Å². The molecule has 0 fully saturated rings. The second-order valence-corrected chi connectivity index (χ2v) is 3.57. The quantitative estimate of drug-likeness (QED) is 0.588. The van der Waals surface area contributed by atoms with Crippen LogP contribution in [0.15, 0.2) is 10.8 Å². The standard InChI is InChI=1S/C8H7BrClF2N/c1-4-6(8(11)12)5(2-10)3-13-7(4)9/h3,8H,2H2,1H3. The Morgan fingerprint density at radius 2 is 2.23 bits per heavy atom. The molecule has 0 aromatic carbocycles. The van der Waals surface area contributed by atoms with Crippen LogP contribution in [-0.4, -0.2) is 4.98 Å². The summed E-state index contributed by atoms with van der Waals surface area (Å²) in [4.78, 5) is 3.89. The summed E-state index contributed by atoms with van der Waals surface area (Å²) in [6, 6.07) is 0. The molecule has 5 heteroatoms. The lowest BCUT2D eigenvalue weighted by atomic mass is 10.1. The lowest BCUT2D eigenvalue weighted by Gasteiger charge is -2.10. The minimum atomic E-state index is -2.51. The summed E-state index contributed by atoms with van der Waals surface area (Å²) < 4.78 is 25.5. The molecule has 0 saturated heterocycles. The third kappa shape index (κ3) is 2.17. The Morgan fingerprint density at radius 1 is 1.62 bits per heavy atom. The van der Waals surface area contributed by atoms with Crippen molar-refractivity contribution in [2.75, 3.05) is 0 Å². The van der Waals surface area contributed by atoms with Gasteiger partial charge in [-0.25, -0.2) is 13.8 Å². The van der Waals surface area contributed by atoms with Gasteiger partial charge in [0.1, 0.15) is 4.60 Å².